The zero-order valence-corrected chi connectivity index (χ0v) is 10.8. The van der Waals surface area contributed by atoms with Gasteiger partial charge in [0.05, 0.1) is 11.3 Å². The summed E-state index contributed by atoms with van der Waals surface area (Å²) in [6.45, 7) is 0. The molecular formula is C9H9FN2O4S2. The standard InChI is InChI=1S/C9H9FN2O4S2/c1-17(13,14)6-18(15,16)12-8-2-3-9(10)7(4-8)5-11/h2-4,12H,6H2,1H3. The first-order chi connectivity index (χ1) is 8.13. The quantitative estimate of drug-likeness (QED) is 0.867. The first-order valence-corrected chi connectivity index (χ1v) is 8.22. The third-order valence-corrected chi connectivity index (χ3v) is 5.23. The van der Waals surface area contributed by atoms with Crippen molar-refractivity contribution in [3.05, 3.63) is 29.6 Å². The Balaban J connectivity index is 3.03. The molecule has 0 aliphatic heterocycles. The van der Waals surface area contributed by atoms with Crippen LogP contribution in [0.5, 0.6) is 0 Å². The number of nitrogens with zero attached hydrogens (tertiary/aromatic N) is 1. The van der Waals surface area contributed by atoms with Gasteiger partial charge in [-0.05, 0) is 18.2 Å². The fourth-order valence-corrected chi connectivity index (χ4v) is 4.14. The molecule has 0 amide bonds. The van der Waals surface area contributed by atoms with Crippen LogP contribution in [0.2, 0.25) is 0 Å². The molecule has 0 saturated heterocycles. The highest BCUT2D eigenvalue weighted by atomic mass is 32.3. The number of sulfone groups is 1. The van der Waals surface area contributed by atoms with E-state index in [1.807, 2.05) is 4.72 Å². The number of nitriles is 1. The molecule has 0 aliphatic carbocycles. The van der Waals surface area contributed by atoms with Gasteiger partial charge in [-0.3, -0.25) is 4.72 Å². The van der Waals surface area contributed by atoms with E-state index >= 15 is 0 Å². The molecule has 98 valence electrons. The van der Waals surface area contributed by atoms with Gasteiger partial charge < -0.3 is 0 Å². The van der Waals surface area contributed by atoms with E-state index in [9.17, 15) is 21.2 Å². The van der Waals surface area contributed by atoms with Crippen molar-refractivity contribution in [1.29, 1.82) is 5.26 Å². The van der Waals surface area contributed by atoms with Crippen molar-refractivity contribution in [2.45, 2.75) is 0 Å². The maximum absolute atomic E-state index is 13.0. The van der Waals surface area contributed by atoms with Crippen LogP contribution in [0.3, 0.4) is 0 Å². The van der Waals surface area contributed by atoms with Gasteiger partial charge in [0.1, 0.15) is 11.9 Å². The lowest BCUT2D eigenvalue weighted by Crippen LogP contribution is -2.22. The highest BCUT2D eigenvalue weighted by molar-refractivity contribution is 8.08. The Labute approximate surface area is 104 Å². The third-order valence-electron chi connectivity index (χ3n) is 1.73. The number of benzene rings is 1. The molecule has 0 fully saturated rings. The van der Waals surface area contributed by atoms with Crippen molar-refractivity contribution in [3.63, 3.8) is 0 Å². The third kappa shape index (κ3) is 4.31. The summed E-state index contributed by atoms with van der Waals surface area (Å²) >= 11 is 0. The molecule has 0 saturated carbocycles. The molecule has 1 rings (SSSR count). The van der Waals surface area contributed by atoms with E-state index in [4.69, 9.17) is 5.26 Å². The van der Waals surface area contributed by atoms with Crippen molar-refractivity contribution >= 4 is 25.5 Å². The summed E-state index contributed by atoms with van der Waals surface area (Å²) in [5, 5.41) is 7.48. The first kappa shape index (κ1) is 14.4. The Morgan fingerprint density at radius 2 is 1.94 bits per heavy atom. The Morgan fingerprint density at radius 3 is 2.44 bits per heavy atom. The Morgan fingerprint density at radius 1 is 1.33 bits per heavy atom. The van der Waals surface area contributed by atoms with Gasteiger partial charge in [0.2, 0.25) is 10.0 Å². The van der Waals surface area contributed by atoms with E-state index in [1.165, 1.54) is 0 Å². The SMILES string of the molecule is CS(=O)(=O)CS(=O)(=O)Nc1ccc(F)c(C#N)c1. The second-order valence-corrected chi connectivity index (χ2v) is 7.79. The molecule has 0 unspecified atom stereocenters. The molecular weight excluding hydrogens is 283 g/mol. The molecule has 1 aromatic carbocycles. The fourth-order valence-electron chi connectivity index (χ4n) is 1.17. The number of halogens is 1. The smallest absolute Gasteiger partial charge is 0.247 e. The van der Waals surface area contributed by atoms with Crippen molar-refractivity contribution < 1.29 is 21.2 Å². The maximum Gasteiger partial charge on any atom is 0.247 e. The summed E-state index contributed by atoms with van der Waals surface area (Å²) in [4.78, 5) is 0. The second kappa shape index (κ2) is 4.91. The Kier molecular flexibility index (Phi) is 3.93. The van der Waals surface area contributed by atoms with Gasteiger partial charge in [0, 0.05) is 6.26 Å². The highest BCUT2D eigenvalue weighted by Crippen LogP contribution is 2.15. The molecule has 0 atom stereocenters. The van der Waals surface area contributed by atoms with E-state index in [0.29, 0.717) is 0 Å². The Hall–Kier alpha value is -1.66. The average molecular weight is 292 g/mol. The van der Waals surface area contributed by atoms with Crippen LogP contribution in [0.15, 0.2) is 18.2 Å². The second-order valence-electron chi connectivity index (χ2n) is 3.57. The van der Waals surface area contributed by atoms with Crippen molar-refractivity contribution in [2.75, 3.05) is 16.1 Å². The van der Waals surface area contributed by atoms with E-state index in [0.717, 1.165) is 24.5 Å². The van der Waals surface area contributed by atoms with Gasteiger partial charge in [-0.1, -0.05) is 0 Å². The van der Waals surface area contributed by atoms with E-state index in [2.05, 4.69) is 0 Å². The molecule has 0 aromatic heterocycles. The summed E-state index contributed by atoms with van der Waals surface area (Å²) in [5.41, 5.74) is -0.411. The van der Waals surface area contributed by atoms with Crippen LogP contribution in [-0.2, 0) is 19.9 Å². The minimum absolute atomic E-state index is 0.0726. The fraction of sp³-hybridized carbons (Fsp3) is 0.222. The number of nitrogens with one attached hydrogen (secondary N) is 1. The molecule has 18 heavy (non-hydrogen) atoms. The minimum Gasteiger partial charge on any atom is -0.283 e. The molecule has 1 N–H and O–H groups in total. The van der Waals surface area contributed by atoms with Crippen LogP contribution in [-0.4, -0.2) is 28.2 Å². The zero-order chi connectivity index (χ0) is 14.0. The number of hydrogen-bond donors (Lipinski definition) is 1. The predicted molar refractivity (Wildman–Crippen MR) is 63.4 cm³/mol. The monoisotopic (exact) mass is 292 g/mol. The summed E-state index contributed by atoms with van der Waals surface area (Å²) in [5.74, 6) is -0.788. The van der Waals surface area contributed by atoms with Crippen molar-refractivity contribution in [2.24, 2.45) is 0 Å². The lowest BCUT2D eigenvalue weighted by molar-refractivity contribution is 0.594. The van der Waals surface area contributed by atoms with E-state index < -0.39 is 30.8 Å². The highest BCUT2D eigenvalue weighted by Gasteiger charge is 2.18. The van der Waals surface area contributed by atoms with E-state index in [-0.39, 0.29) is 11.3 Å². The predicted octanol–water partition coefficient (Wildman–Crippen LogP) is 0.441. The van der Waals surface area contributed by atoms with Gasteiger partial charge >= 0.3 is 0 Å². The number of rotatable bonds is 4. The molecule has 0 radical (unpaired) electrons. The van der Waals surface area contributed by atoms with Gasteiger partial charge in [-0.2, -0.15) is 5.26 Å². The van der Waals surface area contributed by atoms with Crippen LogP contribution in [0.25, 0.3) is 0 Å². The number of sulfonamides is 1. The van der Waals surface area contributed by atoms with Crippen molar-refractivity contribution in [1.82, 2.24) is 0 Å². The topological polar surface area (TPSA) is 104 Å². The van der Waals surface area contributed by atoms with Gasteiger partial charge in [-0.15, -0.1) is 0 Å². The molecule has 0 bridgehead atoms. The largest absolute Gasteiger partial charge is 0.283 e. The van der Waals surface area contributed by atoms with Crippen LogP contribution in [0.1, 0.15) is 5.56 Å². The molecule has 6 nitrogen and oxygen atoms in total. The van der Waals surface area contributed by atoms with Gasteiger partial charge in [0.15, 0.2) is 14.9 Å². The summed E-state index contributed by atoms with van der Waals surface area (Å²) in [6, 6.07) is 4.53. The molecule has 0 aliphatic rings. The number of anilines is 1. The minimum atomic E-state index is -4.10. The summed E-state index contributed by atoms with van der Waals surface area (Å²) in [6.07, 6.45) is 0.775. The van der Waals surface area contributed by atoms with Crippen molar-refractivity contribution in [3.8, 4) is 6.07 Å². The van der Waals surface area contributed by atoms with Crippen LogP contribution < -0.4 is 4.72 Å². The molecule has 0 heterocycles. The summed E-state index contributed by atoms with van der Waals surface area (Å²) in [7, 11) is -7.82. The summed E-state index contributed by atoms with van der Waals surface area (Å²) < 4.78 is 59.6. The van der Waals surface area contributed by atoms with E-state index in [1.54, 1.807) is 6.07 Å². The molecule has 9 heteroatoms. The molecule has 1 aromatic rings. The zero-order valence-electron chi connectivity index (χ0n) is 9.21. The first-order valence-electron chi connectivity index (χ1n) is 4.51. The van der Waals surface area contributed by atoms with Gasteiger partial charge in [-0.25, -0.2) is 21.2 Å². The van der Waals surface area contributed by atoms with Crippen LogP contribution in [0.4, 0.5) is 10.1 Å². The van der Waals surface area contributed by atoms with Crippen LogP contribution in [0, 0.1) is 17.1 Å². The maximum atomic E-state index is 13.0. The lowest BCUT2D eigenvalue weighted by atomic mass is 10.2. The molecule has 0 spiro atoms. The van der Waals surface area contributed by atoms with Crippen LogP contribution >= 0.6 is 0 Å². The number of hydrogen-bond acceptors (Lipinski definition) is 5. The average Bonchev–Trinajstić information content (AvgIpc) is 2.16. The Bertz CT molecular complexity index is 705. The van der Waals surface area contributed by atoms with Gasteiger partial charge in [0.25, 0.3) is 0 Å². The lowest BCUT2D eigenvalue weighted by Gasteiger charge is -2.07. The normalized spacial score (nSPS) is 11.8.